The van der Waals surface area contributed by atoms with Gasteiger partial charge in [-0.15, -0.1) is 0 Å². The summed E-state index contributed by atoms with van der Waals surface area (Å²) in [6, 6.07) is 11.1. The number of rotatable bonds is 4. The molecule has 23 heavy (non-hydrogen) atoms. The van der Waals surface area contributed by atoms with Gasteiger partial charge in [-0.3, -0.25) is 0 Å². The van der Waals surface area contributed by atoms with Gasteiger partial charge in [-0.25, -0.2) is 4.79 Å². The maximum absolute atomic E-state index is 12.5. The Bertz CT molecular complexity index is 847. The fourth-order valence-electron chi connectivity index (χ4n) is 2.55. The molecule has 0 unspecified atom stereocenters. The van der Waals surface area contributed by atoms with Gasteiger partial charge in [0.15, 0.2) is 0 Å². The van der Waals surface area contributed by atoms with Gasteiger partial charge in [0.25, 0.3) is 0 Å². The summed E-state index contributed by atoms with van der Waals surface area (Å²) >= 11 is 0. The largest absolute Gasteiger partial charge is 0.496 e. The zero-order valence-electron chi connectivity index (χ0n) is 13.3. The molecule has 0 saturated heterocycles. The van der Waals surface area contributed by atoms with Gasteiger partial charge >= 0.3 is 5.97 Å². The summed E-state index contributed by atoms with van der Waals surface area (Å²) in [6.07, 6.45) is 0. The summed E-state index contributed by atoms with van der Waals surface area (Å²) in [4.78, 5) is 12.5. The molecule has 0 saturated carbocycles. The quantitative estimate of drug-likeness (QED) is 0.686. The number of esters is 1. The van der Waals surface area contributed by atoms with E-state index >= 15 is 0 Å². The lowest BCUT2D eigenvalue weighted by molar-refractivity contribution is 0.0473. The van der Waals surface area contributed by atoms with Gasteiger partial charge in [0.2, 0.25) is 0 Å². The van der Waals surface area contributed by atoms with Crippen molar-refractivity contribution in [3.63, 3.8) is 0 Å². The van der Waals surface area contributed by atoms with Crippen LogP contribution >= 0.6 is 0 Å². The second-order valence-electron chi connectivity index (χ2n) is 5.24. The Morgan fingerprint density at radius 2 is 1.87 bits per heavy atom. The maximum Gasteiger partial charge on any atom is 0.339 e. The molecule has 0 amide bonds. The Balaban J connectivity index is 1.90. The van der Waals surface area contributed by atoms with E-state index in [1.807, 2.05) is 31.2 Å². The van der Waals surface area contributed by atoms with Crippen LogP contribution in [0.4, 0.5) is 0 Å². The number of aromatic nitrogens is 1. The van der Waals surface area contributed by atoms with Gasteiger partial charge in [0.05, 0.1) is 23.9 Å². The summed E-state index contributed by atoms with van der Waals surface area (Å²) in [5.74, 6) is 1.00. The second-order valence-corrected chi connectivity index (χ2v) is 5.24. The fourth-order valence-corrected chi connectivity index (χ4v) is 2.55. The molecule has 5 nitrogen and oxygen atoms in total. The van der Waals surface area contributed by atoms with Crippen molar-refractivity contribution in [1.82, 2.24) is 5.16 Å². The van der Waals surface area contributed by atoms with Crippen LogP contribution in [0.15, 0.2) is 40.9 Å². The number of fused-ring (bicyclic) bond motifs is 1. The highest BCUT2D eigenvalue weighted by atomic mass is 16.5. The van der Waals surface area contributed by atoms with Gasteiger partial charge in [0.1, 0.15) is 18.1 Å². The lowest BCUT2D eigenvalue weighted by atomic mass is 10.0. The average Bonchev–Trinajstić information content (AvgIpc) is 2.90. The van der Waals surface area contributed by atoms with E-state index in [2.05, 4.69) is 5.16 Å². The number of benzene rings is 2. The third-order valence-electron chi connectivity index (χ3n) is 3.85. The van der Waals surface area contributed by atoms with Crippen LogP contribution in [0, 0.1) is 13.8 Å². The van der Waals surface area contributed by atoms with E-state index in [9.17, 15) is 4.79 Å². The molecule has 118 valence electrons. The summed E-state index contributed by atoms with van der Waals surface area (Å²) in [6.45, 7) is 3.76. The van der Waals surface area contributed by atoms with E-state index in [1.54, 1.807) is 26.2 Å². The number of ether oxygens (including phenoxy) is 2. The zero-order chi connectivity index (χ0) is 16.4. The monoisotopic (exact) mass is 311 g/mol. The second kappa shape index (κ2) is 6.12. The Labute approximate surface area is 133 Å². The topological polar surface area (TPSA) is 61.6 Å². The molecule has 0 aliphatic carbocycles. The van der Waals surface area contributed by atoms with Crippen LogP contribution in [-0.4, -0.2) is 18.2 Å². The van der Waals surface area contributed by atoms with Crippen LogP contribution in [0.25, 0.3) is 10.8 Å². The average molecular weight is 311 g/mol. The van der Waals surface area contributed by atoms with Crippen molar-refractivity contribution in [1.29, 1.82) is 0 Å². The third-order valence-corrected chi connectivity index (χ3v) is 3.85. The van der Waals surface area contributed by atoms with Crippen LogP contribution in [0.1, 0.15) is 27.4 Å². The Morgan fingerprint density at radius 1 is 1.13 bits per heavy atom. The van der Waals surface area contributed by atoms with Crippen molar-refractivity contribution >= 4 is 16.7 Å². The van der Waals surface area contributed by atoms with Crippen molar-refractivity contribution < 1.29 is 18.8 Å². The van der Waals surface area contributed by atoms with Gasteiger partial charge in [0, 0.05) is 5.39 Å². The molecule has 0 bridgehead atoms. The predicted octanol–water partition coefficient (Wildman–Crippen LogP) is 3.81. The SMILES string of the molecule is COc1ccc(C(=O)OCc2c(C)noc2C)c2ccccc12. The molecular formula is C18H17NO4. The van der Waals surface area contributed by atoms with Crippen molar-refractivity contribution in [3.05, 3.63) is 59.0 Å². The molecule has 0 spiro atoms. The number of carbonyl (C=O) groups is 1. The maximum atomic E-state index is 12.5. The standard InChI is InChI=1S/C18H17NO4/c1-11-16(12(2)23-19-11)10-22-18(20)15-8-9-17(21-3)14-7-5-4-6-13(14)15/h4-9H,10H2,1-3H3. The third kappa shape index (κ3) is 2.77. The first-order valence-corrected chi connectivity index (χ1v) is 7.26. The molecule has 3 rings (SSSR count). The Kier molecular flexibility index (Phi) is 4.02. The highest BCUT2D eigenvalue weighted by molar-refractivity contribution is 6.06. The number of hydrogen-bond donors (Lipinski definition) is 0. The van der Waals surface area contributed by atoms with Crippen molar-refractivity contribution in [3.8, 4) is 5.75 Å². The van der Waals surface area contributed by atoms with Gasteiger partial charge < -0.3 is 14.0 Å². The lowest BCUT2D eigenvalue weighted by Gasteiger charge is -2.10. The minimum absolute atomic E-state index is 0.139. The molecule has 1 heterocycles. The number of nitrogens with zero attached hydrogens (tertiary/aromatic N) is 1. The molecule has 0 aliphatic rings. The summed E-state index contributed by atoms with van der Waals surface area (Å²) in [5, 5.41) is 5.53. The number of carbonyl (C=O) groups excluding carboxylic acids is 1. The van der Waals surface area contributed by atoms with Gasteiger partial charge in [-0.05, 0) is 31.4 Å². The van der Waals surface area contributed by atoms with E-state index in [1.165, 1.54) is 0 Å². The highest BCUT2D eigenvalue weighted by Crippen LogP contribution is 2.29. The molecule has 5 heteroatoms. The van der Waals surface area contributed by atoms with E-state index in [0.29, 0.717) is 11.3 Å². The molecule has 3 aromatic rings. The molecule has 0 radical (unpaired) electrons. The number of aryl methyl sites for hydroxylation is 2. The lowest BCUT2D eigenvalue weighted by Crippen LogP contribution is -2.07. The van der Waals surface area contributed by atoms with E-state index in [0.717, 1.165) is 27.8 Å². The summed E-state index contributed by atoms with van der Waals surface area (Å²) in [5.41, 5.74) is 2.04. The minimum Gasteiger partial charge on any atom is -0.496 e. The molecular weight excluding hydrogens is 294 g/mol. The minimum atomic E-state index is -0.385. The first kappa shape index (κ1) is 15.1. The molecule has 0 fully saturated rings. The first-order valence-electron chi connectivity index (χ1n) is 7.26. The van der Waals surface area contributed by atoms with Crippen LogP contribution in [0.3, 0.4) is 0 Å². The Hall–Kier alpha value is -2.82. The van der Waals surface area contributed by atoms with Crippen LogP contribution in [0.2, 0.25) is 0 Å². The van der Waals surface area contributed by atoms with Crippen molar-refractivity contribution in [2.45, 2.75) is 20.5 Å². The summed E-state index contributed by atoms with van der Waals surface area (Å²) < 4.78 is 15.9. The van der Waals surface area contributed by atoms with Crippen LogP contribution in [0.5, 0.6) is 5.75 Å². The molecule has 2 aromatic carbocycles. The van der Waals surface area contributed by atoms with Crippen LogP contribution < -0.4 is 4.74 Å². The van der Waals surface area contributed by atoms with Crippen LogP contribution in [-0.2, 0) is 11.3 Å². The fraction of sp³-hybridized carbons (Fsp3) is 0.222. The smallest absolute Gasteiger partial charge is 0.339 e. The van der Waals surface area contributed by atoms with E-state index in [-0.39, 0.29) is 12.6 Å². The highest BCUT2D eigenvalue weighted by Gasteiger charge is 2.16. The predicted molar refractivity (Wildman–Crippen MR) is 85.6 cm³/mol. The van der Waals surface area contributed by atoms with Crippen molar-refractivity contribution in [2.75, 3.05) is 7.11 Å². The summed E-state index contributed by atoms with van der Waals surface area (Å²) in [7, 11) is 1.61. The molecule has 0 N–H and O–H groups in total. The first-order chi connectivity index (χ1) is 11.1. The van der Waals surface area contributed by atoms with E-state index < -0.39 is 0 Å². The Morgan fingerprint density at radius 3 is 2.52 bits per heavy atom. The molecule has 0 atom stereocenters. The number of methoxy groups -OCH3 is 1. The molecule has 0 aliphatic heterocycles. The normalized spacial score (nSPS) is 10.7. The zero-order valence-corrected chi connectivity index (χ0v) is 13.3. The van der Waals surface area contributed by atoms with Gasteiger partial charge in [-0.2, -0.15) is 0 Å². The van der Waals surface area contributed by atoms with E-state index in [4.69, 9.17) is 14.0 Å². The van der Waals surface area contributed by atoms with Gasteiger partial charge in [-0.1, -0.05) is 29.4 Å². The number of hydrogen-bond acceptors (Lipinski definition) is 5. The molecule has 1 aromatic heterocycles. The van der Waals surface area contributed by atoms with Crippen molar-refractivity contribution in [2.24, 2.45) is 0 Å².